The van der Waals surface area contributed by atoms with Crippen LogP contribution in [0.4, 0.5) is 5.69 Å². The van der Waals surface area contributed by atoms with Crippen molar-refractivity contribution in [1.82, 2.24) is 4.72 Å². The second kappa shape index (κ2) is 8.12. The lowest BCUT2D eigenvalue weighted by Crippen LogP contribution is -2.33. The minimum Gasteiger partial charge on any atom is -0.452 e. The number of hydrogen-bond donors (Lipinski definition) is 1. The molecule has 0 aromatic heterocycles. The molecule has 0 fully saturated rings. The van der Waals surface area contributed by atoms with Crippen LogP contribution >= 0.6 is 0 Å². The molecule has 1 heterocycles. The Morgan fingerprint density at radius 3 is 2.64 bits per heavy atom. The number of fused-ring (bicyclic) bond motifs is 1. The number of ether oxygens (including phenoxy) is 1. The van der Waals surface area contributed by atoms with E-state index >= 15 is 0 Å². The molecule has 0 saturated heterocycles. The Labute approximate surface area is 164 Å². The predicted octanol–water partition coefficient (Wildman–Crippen LogP) is 2.12. The number of nitrogens with one attached hydrogen (secondary N) is 1. The molecule has 3 rings (SSSR count). The number of carbonyl (C=O) groups excluding carboxylic acids is 2. The van der Waals surface area contributed by atoms with Gasteiger partial charge >= 0.3 is 5.97 Å². The summed E-state index contributed by atoms with van der Waals surface area (Å²) in [5.74, 6) is -1.06. The number of anilines is 1. The van der Waals surface area contributed by atoms with Gasteiger partial charge in [-0.05, 0) is 50.1 Å². The number of sulfonamides is 1. The van der Waals surface area contributed by atoms with Gasteiger partial charge in [0.2, 0.25) is 10.0 Å². The van der Waals surface area contributed by atoms with Gasteiger partial charge in [0, 0.05) is 18.3 Å². The average Bonchev–Trinajstić information content (AvgIpc) is 3.09. The molecule has 8 heteroatoms. The summed E-state index contributed by atoms with van der Waals surface area (Å²) < 4.78 is 32.1. The van der Waals surface area contributed by atoms with E-state index in [1.807, 2.05) is 24.3 Å². The summed E-state index contributed by atoms with van der Waals surface area (Å²) in [6, 6.07) is 12.9. The third-order valence-electron chi connectivity index (χ3n) is 4.29. The zero-order chi connectivity index (χ0) is 20.3. The Kier molecular flexibility index (Phi) is 5.81. The smallest absolute Gasteiger partial charge is 0.338 e. The second-order valence-electron chi connectivity index (χ2n) is 6.80. The first-order valence-electron chi connectivity index (χ1n) is 8.96. The van der Waals surface area contributed by atoms with Crippen molar-refractivity contribution in [3.8, 4) is 0 Å². The van der Waals surface area contributed by atoms with Gasteiger partial charge in [-0.2, -0.15) is 0 Å². The van der Waals surface area contributed by atoms with Crippen LogP contribution in [-0.2, 0) is 26.0 Å². The number of hydrogen-bond acceptors (Lipinski definition) is 5. The standard InChI is InChI=1S/C20H22N2O5S/c1-14(2)21-28(25,26)17-8-5-7-16(12-17)20(24)27-13-19(23)22-11-10-15-6-3-4-9-18(15)22/h3-9,12,14,21H,10-11,13H2,1-2H3. The van der Waals surface area contributed by atoms with Gasteiger partial charge in [-0.3, -0.25) is 4.79 Å². The Bertz CT molecular complexity index is 1000. The maximum atomic E-state index is 12.4. The summed E-state index contributed by atoms with van der Waals surface area (Å²) >= 11 is 0. The minimum atomic E-state index is -3.73. The number of nitrogens with zero attached hydrogens (tertiary/aromatic N) is 1. The molecule has 0 radical (unpaired) electrons. The van der Waals surface area contributed by atoms with Crippen molar-refractivity contribution in [3.05, 3.63) is 59.7 Å². The van der Waals surface area contributed by atoms with E-state index in [4.69, 9.17) is 4.74 Å². The summed E-state index contributed by atoms with van der Waals surface area (Å²) in [4.78, 5) is 26.3. The van der Waals surface area contributed by atoms with Crippen molar-refractivity contribution < 1.29 is 22.7 Å². The molecule has 0 aliphatic carbocycles. The Morgan fingerprint density at radius 1 is 1.14 bits per heavy atom. The summed E-state index contributed by atoms with van der Waals surface area (Å²) in [6.45, 7) is 3.55. The van der Waals surface area contributed by atoms with Gasteiger partial charge in [0.1, 0.15) is 0 Å². The maximum absolute atomic E-state index is 12.4. The van der Waals surface area contributed by atoms with Crippen molar-refractivity contribution in [2.45, 2.75) is 31.2 Å². The Balaban J connectivity index is 1.66. The molecule has 0 spiro atoms. The molecule has 1 aliphatic rings. The zero-order valence-corrected chi connectivity index (χ0v) is 16.5. The molecule has 0 bridgehead atoms. The molecule has 148 valence electrons. The summed E-state index contributed by atoms with van der Waals surface area (Å²) in [5, 5.41) is 0. The normalized spacial score (nSPS) is 13.5. The fraction of sp³-hybridized carbons (Fsp3) is 0.300. The molecule has 1 aliphatic heterocycles. The van der Waals surface area contributed by atoms with Crippen LogP contribution in [0.15, 0.2) is 53.4 Å². The second-order valence-corrected chi connectivity index (χ2v) is 8.52. The first kappa shape index (κ1) is 20.0. The highest BCUT2D eigenvalue weighted by molar-refractivity contribution is 7.89. The van der Waals surface area contributed by atoms with E-state index < -0.39 is 22.6 Å². The molecular weight excluding hydrogens is 380 g/mol. The number of carbonyl (C=O) groups is 2. The van der Waals surface area contributed by atoms with Gasteiger partial charge in [0.15, 0.2) is 6.61 Å². The molecule has 0 saturated carbocycles. The third-order valence-corrected chi connectivity index (χ3v) is 5.94. The number of amides is 1. The average molecular weight is 402 g/mol. The van der Waals surface area contributed by atoms with E-state index in [9.17, 15) is 18.0 Å². The van der Waals surface area contributed by atoms with Gasteiger partial charge in [-0.25, -0.2) is 17.9 Å². The number of esters is 1. The molecule has 2 aromatic rings. The van der Waals surface area contributed by atoms with Crippen LogP contribution in [0.1, 0.15) is 29.8 Å². The molecule has 1 amide bonds. The van der Waals surface area contributed by atoms with Gasteiger partial charge in [0.25, 0.3) is 5.91 Å². The SMILES string of the molecule is CC(C)NS(=O)(=O)c1cccc(C(=O)OCC(=O)N2CCc3ccccc32)c1. The van der Waals surface area contributed by atoms with E-state index in [2.05, 4.69) is 4.72 Å². The van der Waals surface area contributed by atoms with E-state index in [-0.39, 0.29) is 22.4 Å². The monoisotopic (exact) mass is 402 g/mol. The predicted molar refractivity (Wildman–Crippen MR) is 105 cm³/mol. The molecule has 0 atom stereocenters. The summed E-state index contributed by atoms with van der Waals surface area (Å²) in [7, 11) is -3.73. The van der Waals surface area contributed by atoms with Crippen LogP contribution in [0.3, 0.4) is 0 Å². The highest BCUT2D eigenvalue weighted by Crippen LogP contribution is 2.27. The topological polar surface area (TPSA) is 92.8 Å². The molecule has 28 heavy (non-hydrogen) atoms. The highest BCUT2D eigenvalue weighted by atomic mass is 32.2. The van der Waals surface area contributed by atoms with Crippen molar-refractivity contribution in [2.75, 3.05) is 18.1 Å². The van der Waals surface area contributed by atoms with E-state index in [0.717, 1.165) is 17.7 Å². The number of benzene rings is 2. The van der Waals surface area contributed by atoms with Gasteiger partial charge in [0.05, 0.1) is 10.5 Å². The van der Waals surface area contributed by atoms with Gasteiger partial charge in [-0.15, -0.1) is 0 Å². The van der Waals surface area contributed by atoms with Crippen LogP contribution in [0, 0.1) is 0 Å². The first-order valence-corrected chi connectivity index (χ1v) is 10.4. The lowest BCUT2D eigenvalue weighted by molar-refractivity contribution is -0.121. The van der Waals surface area contributed by atoms with Crippen LogP contribution < -0.4 is 9.62 Å². The first-order chi connectivity index (χ1) is 13.3. The van der Waals surface area contributed by atoms with Crippen LogP contribution in [0.25, 0.3) is 0 Å². The van der Waals surface area contributed by atoms with Gasteiger partial charge in [-0.1, -0.05) is 24.3 Å². The fourth-order valence-electron chi connectivity index (χ4n) is 3.05. The lowest BCUT2D eigenvalue weighted by atomic mass is 10.2. The molecule has 7 nitrogen and oxygen atoms in total. The molecule has 0 unspecified atom stereocenters. The van der Waals surface area contributed by atoms with Crippen LogP contribution in [0.2, 0.25) is 0 Å². The summed E-state index contributed by atoms with van der Waals surface area (Å²) in [6.07, 6.45) is 0.763. The van der Waals surface area contributed by atoms with Crippen molar-refractivity contribution in [3.63, 3.8) is 0 Å². The fourth-order valence-corrected chi connectivity index (χ4v) is 4.35. The van der Waals surface area contributed by atoms with Crippen molar-refractivity contribution in [1.29, 1.82) is 0 Å². The number of rotatable bonds is 6. The largest absolute Gasteiger partial charge is 0.452 e. The minimum absolute atomic E-state index is 0.0320. The quantitative estimate of drug-likeness (QED) is 0.747. The van der Waals surface area contributed by atoms with Crippen LogP contribution in [-0.4, -0.2) is 39.5 Å². The van der Waals surface area contributed by atoms with E-state index in [1.54, 1.807) is 18.7 Å². The van der Waals surface area contributed by atoms with E-state index in [1.165, 1.54) is 24.3 Å². The molecular formula is C20H22N2O5S. The number of para-hydroxylation sites is 1. The van der Waals surface area contributed by atoms with Crippen LogP contribution in [0.5, 0.6) is 0 Å². The molecule has 2 aromatic carbocycles. The third kappa shape index (κ3) is 4.40. The van der Waals surface area contributed by atoms with Crippen molar-refractivity contribution in [2.24, 2.45) is 0 Å². The molecule has 1 N–H and O–H groups in total. The van der Waals surface area contributed by atoms with Crippen molar-refractivity contribution >= 4 is 27.6 Å². The zero-order valence-electron chi connectivity index (χ0n) is 15.7. The summed E-state index contributed by atoms with van der Waals surface area (Å²) in [5.41, 5.74) is 1.98. The highest BCUT2D eigenvalue weighted by Gasteiger charge is 2.25. The Hall–Kier alpha value is -2.71. The maximum Gasteiger partial charge on any atom is 0.338 e. The lowest BCUT2D eigenvalue weighted by Gasteiger charge is -2.17. The Morgan fingerprint density at radius 2 is 1.89 bits per heavy atom. The van der Waals surface area contributed by atoms with Gasteiger partial charge < -0.3 is 9.64 Å². The van der Waals surface area contributed by atoms with E-state index in [0.29, 0.717) is 6.54 Å².